The average molecular weight is 578 g/mol. The molecule has 3 amide bonds. The van der Waals surface area contributed by atoms with Crippen LogP contribution in [0.25, 0.3) is 16.9 Å². The Balaban J connectivity index is 1.46. The monoisotopic (exact) mass is 577 g/mol. The second-order valence-electron chi connectivity index (χ2n) is 9.63. The number of carbonyl (C=O) groups excluding carboxylic acids is 2. The number of carboxylic acid groups (broad SMARTS) is 1. The van der Waals surface area contributed by atoms with Crippen LogP contribution in [0.4, 0.5) is 20.6 Å². The number of nitrogens with zero attached hydrogens (tertiary/aromatic N) is 4. The predicted octanol–water partition coefficient (Wildman–Crippen LogP) is 5.44. The Kier molecular flexibility index (Phi) is 7.92. The first kappa shape index (κ1) is 27.7. The van der Waals surface area contributed by atoms with Gasteiger partial charge in [-0.25, -0.2) is 13.9 Å². The van der Waals surface area contributed by atoms with Crippen LogP contribution in [0.2, 0.25) is 5.02 Å². The highest BCUT2D eigenvalue weighted by atomic mass is 35.5. The molecule has 41 heavy (non-hydrogen) atoms. The molecule has 0 saturated carbocycles. The Morgan fingerprint density at radius 2 is 2.00 bits per heavy atom. The summed E-state index contributed by atoms with van der Waals surface area (Å²) in [6.45, 7) is 1.80. The van der Waals surface area contributed by atoms with Gasteiger partial charge in [-0.05, 0) is 60.9 Å². The highest BCUT2D eigenvalue weighted by Gasteiger charge is 2.23. The van der Waals surface area contributed by atoms with Gasteiger partial charge in [-0.2, -0.15) is 0 Å². The molecule has 2 aromatic carbocycles. The lowest BCUT2D eigenvalue weighted by molar-refractivity contribution is -0.119. The lowest BCUT2D eigenvalue weighted by Crippen LogP contribution is -2.29. The van der Waals surface area contributed by atoms with Crippen LogP contribution in [-0.4, -0.2) is 43.0 Å². The van der Waals surface area contributed by atoms with Crippen LogP contribution >= 0.6 is 11.6 Å². The van der Waals surface area contributed by atoms with E-state index in [0.717, 1.165) is 10.2 Å². The second kappa shape index (κ2) is 11.7. The highest BCUT2D eigenvalue weighted by Crippen LogP contribution is 2.33. The predicted molar refractivity (Wildman–Crippen MR) is 149 cm³/mol. The van der Waals surface area contributed by atoms with E-state index in [9.17, 15) is 18.8 Å². The molecule has 3 heterocycles. The van der Waals surface area contributed by atoms with Crippen molar-refractivity contribution in [2.45, 2.75) is 32.2 Å². The van der Waals surface area contributed by atoms with Gasteiger partial charge < -0.3 is 15.7 Å². The maximum absolute atomic E-state index is 14.5. The van der Waals surface area contributed by atoms with E-state index in [1.807, 2.05) is 6.07 Å². The third-order valence-electron chi connectivity index (χ3n) is 6.78. The molecule has 0 saturated heterocycles. The van der Waals surface area contributed by atoms with Gasteiger partial charge >= 0.3 is 6.09 Å². The quantitative estimate of drug-likeness (QED) is 0.252. The fraction of sp³-hybridized carbons (Fsp3) is 0.214. The molecule has 1 aliphatic rings. The molecule has 4 aromatic rings. The number of aromatic nitrogens is 4. The van der Waals surface area contributed by atoms with E-state index in [0.29, 0.717) is 41.9 Å². The van der Waals surface area contributed by atoms with E-state index in [4.69, 9.17) is 16.7 Å². The fourth-order valence-corrected chi connectivity index (χ4v) is 4.78. The van der Waals surface area contributed by atoms with Crippen molar-refractivity contribution in [3.63, 3.8) is 0 Å². The van der Waals surface area contributed by atoms with Crippen molar-refractivity contribution >= 4 is 40.9 Å². The molecule has 1 aliphatic heterocycles. The minimum absolute atomic E-state index is 0.0127. The molecule has 2 atom stereocenters. The van der Waals surface area contributed by atoms with Gasteiger partial charge in [0.1, 0.15) is 5.69 Å². The maximum Gasteiger partial charge on any atom is 0.409 e. The van der Waals surface area contributed by atoms with Gasteiger partial charge in [-0.15, -0.1) is 5.10 Å². The third-order valence-corrected chi connectivity index (χ3v) is 7.07. The van der Waals surface area contributed by atoms with Gasteiger partial charge in [0.2, 0.25) is 5.91 Å². The molecule has 2 aromatic heterocycles. The molecule has 13 heteroatoms. The molecule has 0 radical (unpaired) electrons. The number of carbonyl (C=O) groups is 3. The Hall–Kier alpha value is -4.84. The number of benzene rings is 2. The van der Waals surface area contributed by atoms with E-state index in [1.165, 1.54) is 18.3 Å². The molecule has 0 spiro atoms. The van der Waals surface area contributed by atoms with Gasteiger partial charge in [-0.3, -0.25) is 19.9 Å². The molecular weight excluding hydrogens is 553 g/mol. The van der Waals surface area contributed by atoms with Crippen LogP contribution in [0.1, 0.15) is 48.3 Å². The number of pyridine rings is 1. The van der Waals surface area contributed by atoms with Crippen molar-refractivity contribution < 1.29 is 23.9 Å². The van der Waals surface area contributed by atoms with E-state index in [-0.39, 0.29) is 28.2 Å². The van der Waals surface area contributed by atoms with Crippen molar-refractivity contribution in [3.8, 4) is 16.9 Å². The summed E-state index contributed by atoms with van der Waals surface area (Å²) in [5.41, 5.74) is 2.62. The normalized spacial score (nSPS) is 16.9. The minimum Gasteiger partial charge on any atom is -0.465 e. The second-order valence-corrected chi connectivity index (χ2v) is 10.0. The largest absolute Gasteiger partial charge is 0.465 e. The third kappa shape index (κ3) is 6.17. The number of fused-ring (bicyclic) bond motifs is 4. The van der Waals surface area contributed by atoms with Crippen molar-refractivity contribution in [3.05, 3.63) is 83.0 Å². The number of rotatable bonds is 4. The van der Waals surface area contributed by atoms with Gasteiger partial charge in [0.05, 0.1) is 28.6 Å². The summed E-state index contributed by atoms with van der Waals surface area (Å²) in [6, 6.07) is 12.4. The number of hydrogen-bond acceptors (Lipinski definition) is 6. The first-order valence-electron chi connectivity index (χ1n) is 12.8. The van der Waals surface area contributed by atoms with Gasteiger partial charge in [0, 0.05) is 23.4 Å². The summed E-state index contributed by atoms with van der Waals surface area (Å²) < 4.78 is 15.6. The lowest BCUT2D eigenvalue weighted by atomic mass is 9.94. The van der Waals surface area contributed by atoms with Gasteiger partial charge in [0.25, 0.3) is 5.91 Å². The first-order valence-corrected chi connectivity index (χ1v) is 13.2. The molecule has 0 aliphatic carbocycles. The standard InChI is InChI=1S/C28H25ClFN7O4/c1-15-4-2-6-20(33-27(39)23-14-37(36-35-23)24-7-3-5-19(29)25(24)30)16-10-11-31-21(12-16)18-9-8-17(32-28(40)41)13-22(18)34-26(15)38/h3,5,7-15,20,32H,2,4,6H2,1H3,(H,33,39)(H,34,38)(H,40,41)/t15-,20+/m1/s1. The summed E-state index contributed by atoms with van der Waals surface area (Å²) >= 11 is 5.88. The fourth-order valence-electron chi connectivity index (χ4n) is 4.61. The lowest BCUT2D eigenvalue weighted by Gasteiger charge is -2.22. The highest BCUT2D eigenvalue weighted by molar-refractivity contribution is 6.30. The molecule has 210 valence electrons. The van der Waals surface area contributed by atoms with Crippen LogP contribution in [0.3, 0.4) is 0 Å². The zero-order chi connectivity index (χ0) is 29.1. The number of anilines is 2. The Morgan fingerprint density at radius 1 is 1.17 bits per heavy atom. The molecule has 11 nitrogen and oxygen atoms in total. The van der Waals surface area contributed by atoms with E-state index in [1.54, 1.807) is 43.5 Å². The molecule has 5 rings (SSSR count). The molecule has 0 fully saturated rings. The summed E-state index contributed by atoms with van der Waals surface area (Å²) in [6.07, 6.45) is 3.38. The van der Waals surface area contributed by atoms with Gasteiger partial charge in [0.15, 0.2) is 11.5 Å². The van der Waals surface area contributed by atoms with E-state index in [2.05, 4.69) is 31.2 Å². The SMILES string of the molecule is C[C@@H]1CCC[C@H](NC(=O)c2cn(-c3cccc(Cl)c3F)nn2)c2ccnc(c2)-c2ccc(NC(=O)O)cc2NC1=O. The zero-order valence-electron chi connectivity index (χ0n) is 21.8. The molecule has 4 N–H and O–H groups in total. The minimum atomic E-state index is -1.23. The van der Waals surface area contributed by atoms with Crippen molar-refractivity contribution in [2.75, 3.05) is 10.6 Å². The van der Waals surface area contributed by atoms with Crippen LogP contribution in [0.15, 0.2) is 60.9 Å². The van der Waals surface area contributed by atoms with Crippen molar-refractivity contribution in [1.82, 2.24) is 25.3 Å². The Bertz CT molecular complexity index is 1640. The number of nitrogens with one attached hydrogen (secondary N) is 3. The number of hydrogen-bond donors (Lipinski definition) is 4. The summed E-state index contributed by atoms with van der Waals surface area (Å²) in [5, 5.41) is 25.0. The molecular formula is C28H25ClFN7O4. The van der Waals surface area contributed by atoms with Crippen LogP contribution in [0, 0.1) is 11.7 Å². The summed E-state index contributed by atoms with van der Waals surface area (Å²) in [7, 11) is 0. The Labute approximate surface area is 238 Å². The summed E-state index contributed by atoms with van der Waals surface area (Å²) in [4.78, 5) is 41.8. The maximum atomic E-state index is 14.5. The average Bonchev–Trinajstić information content (AvgIpc) is 3.43. The van der Waals surface area contributed by atoms with Crippen LogP contribution in [0.5, 0.6) is 0 Å². The number of halogens is 2. The molecule has 2 bridgehead atoms. The Morgan fingerprint density at radius 3 is 2.80 bits per heavy atom. The topological polar surface area (TPSA) is 151 Å². The number of amides is 3. The van der Waals surface area contributed by atoms with Crippen LogP contribution in [-0.2, 0) is 4.79 Å². The van der Waals surface area contributed by atoms with E-state index >= 15 is 0 Å². The van der Waals surface area contributed by atoms with Gasteiger partial charge in [-0.1, -0.05) is 36.2 Å². The summed E-state index contributed by atoms with van der Waals surface area (Å²) in [5.74, 6) is -1.77. The zero-order valence-corrected chi connectivity index (χ0v) is 22.5. The van der Waals surface area contributed by atoms with Crippen LogP contribution < -0.4 is 16.0 Å². The smallest absolute Gasteiger partial charge is 0.409 e. The first-order chi connectivity index (χ1) is 19.7. The van der Waals surface area contributed by atoms with E-state index < -0.39 is 23.9 Å². The van der Waals surface area contributed by atoms with Crippen molar-refractivity contribution in [2.24, 2.45) is 5.92 Å². The van der Waals surface area contributed by atoms with Crippen molar-refractivity contribution in [1.29, 1.82) is 0 Å². The molecule has 0 unspecified atom stereocenters.